The molecular formula is C18H19N5O. The van der Waals surface area contributed by atoms with E-state index in [-0.39, 0.29) is 0 Å². The van der Waals surface area contributed by atoms with Crippen molar-refractivity contribution in [2.45, 2.75) is 19.8 Å². The van der Waals surface area contributed by atoms with E-state index >= 15 is 0 Å². The lowest BCUT2D eigenvalue weighted by atomic mass is 10.0. The standard InChI is InChI=1S/C18H19N5O/c1-13-4-2-8-23(12-13)18-21-10-14(15-11-19-6-7-20-15)17(22-18)16-5-3-9-24-16/h3,5-7,9-11,13H,2,4,8,12H2,1H3/t13-/m1/s1. The number of hydrogen-bond donors (Lipinski definition) is 0. The molecule has 0 amide bonds. The first kappa shape index (κ1) is 14.8. The van der Waals surface area contributed by atoms with Gasteiger partial charge in [0.2, 0.25) is 5.95 Å². The highest BCUT2D eigenvalue weighted by molar-refractivity contribution is 5.76. The molecule has 1 saturated heterocycles. The quantitative estimate of drug-likeness (QED) is 0.736. The highest BCUT2D eigenvalue weighted by Crippen LogP contribution is 2.31. The molecular weight excluding hydrogens is 302 g/mol. The van der Waals surface area contributed by atoms with Gasteiger partial charge in [-0.1, -0.05) is 6.92 Å². The molecule has 0 saturated carbocycles. The molecule has 0 radical (unpaired) electrons. The van der Waals surface area contributed by atoms with E-state index in [0.29, 0.717) is 11.7 Å². The Balaban J connectivity index is 1.78. The van der Waals surface area contributed by atoms with Gasteiger partial charge in [0, 0.05) is 37.2 Å². The monoisotopic (exact) mass is 321 g/mol. The zero-order valence-electron chi connectivity index (χ0n) is 13.6. The van der Waals surface area contributed by atoms with Crippen molar-refractivity contribution < 1.29 is 4.42 Å². The molecule has 4 heterocycles. The second kappa shape index (κ2) is 6.39. The first-order valence-electron chi connectivity index (χ1n) is 8.23. The van der Waals surface area contributed by atoms with Crippen molar-refractivity contribution in [1.82, 2.24) is 19.9 Å². The zero-order chi connectivity index (χ0) is 16.4. The molecule has 24 heavy (non-hydrogen) atoms. The van der Waals surface area contributed by atoms with Crippen molar-refractivity contribution in [2.24, 2.45) is 5.92 Å². The topological polar surface area (TPSA) is 67.9 Å². The summed E-state index contributed by atoms with van der Waals surface area (Å²) in [6.07, 6.45) is 10.9. The third-order valence-electron chi connectivity index (χ3n) is 4.31. The molecule has 3 aromatic heterocycles. The summed E-state index contributed by atoms with van der Waals surface area (Å²) in [7, 11) is 0. The fourth-order valence-corrected chi connectivity index (χ4v) is 3.12. The average Bonchev–Trinajstić information content (AvgIpc) is 3.16. The van der Waals surface area contributed by atoms with Gasteiger partial charge in [-0.05, 0) is 30.9 Å². The van der Waals surface area contributed by atoms with Gasteiger partial charge in [-0.2, -0.15) is 0 Å². The van der Waals surface area contributed by atoms with Crippen molar-refractivity contribution in [3.05, 3.63) is 43.2 Å². The molecule has 0 bridgehead atoms. The van der Waals surface area contributed by atoms with Crippen LogP contribution < -0.4 is 4.90 Å². The van der Waals surface area contributed by atoms with E-state index in [4.69, 9.17) is 9.40 Å². The molecule has 1 atom stereocenters. The van der Waals surface area contributed by atoms with Crippen LogP contribution in [0, 0.1) is 5.92 Å². The molecule has 0 aliphatic carbocycles. The molecule has 1 aliphatic rings. The number of rotatable bonds is 3. The second-order valence-electron chi connectivity index (χ2n) is 6.19. The van der Waals surface area contributed by atoms with Gasteiger partial charge in [-0.15, -0.1) is 0 Å². The molecule has 1 fully saturated rings. The van der Waals surface area contributed by atoms with Crippen LogP contribution in [0.25, 0.3) is 22.7 Å². The van der Waals surface area contributed by atoms with Crippen LogP contribution in [-0.2, 0) is 0 Å². The minimum Gasteiger partial charge on any atom is -0.463 e. The van der Waals surface area contributed by atoms with Gasteiger partial charge in [-0.3, -0.25) is 9.97 Å². The molecule has 6 nitrogen and oxygen atoms in total. The third-order valence-corrected chi connectivity index (χ3v) is 4.31. The van der Waals surface area contributed by atoms with Crippen LogP contribution in [0.4, 0.5) is 5.95 Å². The molecule has 0 N–H and O–H groups in total. The lowest BCUT2D eigenvalue weighted by molar-refractivity contribution is 0.442. The predicted molar refractivity (Wildman–Crippen MR) is 91.4 cm³/mol. The van der Waals surface area contributed by atoms with E-state index in [1.54, 1.807) is 24.9 Å². The molecule has 122 valence electrons. The average molecular weight is 321 g/mol. The Kier molecular flexibility index (Phi) is 3.94. The number of nitrogens with zero attached hydrogens (tertiary/aromatic N) is 5. The first-order valence-corrected chi connectivity index (χ1v) is 8.23. The Bertz CT molecular complexity index is 804. The van der Waals surface area contributed by atoms with Crippen LogP contribution in [0.15, 0.2) is 47.6 Å². The minimum atomic E-state index is 0.661. The number of aromatic nitrogens is 4. The molecule has 1 aliphatic heterocycles. The van der Waals surface area contributed by atoms with Crippen LogP contribution in [0.1, 0.15) is 19.8 Å². The van der Waals surface area contributed by atoms with Crippen LogP contribution in [-0.4, -0.2) is 33.0 Å². The third kappa shape index (κ3) is 2.87. The number of piperidine rings is 1. The second-order valence-corrected chi connectivity index (χ2v) is 6.19. The lowest BCUT2D eigenvalue weighted by Crippen LogP contribution is -2.35. The lowest BCUT2D eigenvalue weighted by Gasteiger charge is -2.31. The summed E-state index contributed by atoms with van der Waals surface area (Å²) in [6.45, 7) is 4.25. The van der Waals surface area contributed by atoms with Crippen LogP contribution in [0.5, 0.6) is 0 Å². The normalized spacial score (nSPS) is 17.9. The Morgan fingerprint density at radius 2 is 2.17 bits per heavy atom. The number of anilines is 1. The van der Waals surface area contributed by atoms with Gasteiger partial charge >= 0.3 is 0 Å². The van der Waals surface area contributed by atoms with E-state index in [1.807, 2.05) is 18.3 Å². The van der Waals surface area contributed by atoms with Gasteiger partial charge in [0.15, 0.2) is 5.76 Å². The molecule has 4 rings (SSSR count). The predicted octanol–water partition coefficient (Wildman–Crippen LogP) is 3.43. The van der Waals surface area contributed by atoms with E-state index in [2.05, 4.69) is 26.8 Å². The maximum Gasteiger partial charge on any atom is 0.226 e. The molecule has 0 spiro atoms. The van der Waals surface area contributed by atoms with Gasteiger partial charge < -0.3 is 9.32 Å². The van der Waals surface area contributed by atoms with Crippen molar-refractivity contribution >= 4 is 5.95 Å². The summed E-state index contributed by atoms with van der Waals surface area (Å²) in [5.41, 5.74) is 2.32. The largest absolute Gasteiger partial charge is 0.463 e. The maximum atomic E-state index is 5.59. The highest BCUT2D eigenvalue weighted by Gasteiger charge is 2.21. The summed E-state index contributed by atoms with van der Waals surface area (Å²) in [6, 6.07) is 3.77. The van der Waals surface area contributed by atoms with Crippen LogP contribution in [0.2, 0.25) is 0 Å². The van der Waals surface area contributed by atoms with E-state index < -0.39 is 0 Å². The Hall–Kier alpha value is -2.76. The Morgan fingerprint density at radius 3 is 2.92 bits per heavy atom. The minimum absolute atomic E-state index is 0.661. The summed E-state index contributed by atoms with van der Waals surface area (Å²) >= 11 is 0. The SMILES string of the molecule is C[C@@H]1CCCN(c2ncc(-c3cnccn3)c(-c3ccco3)n2)C1. The van der Waals surface area contributed by atoms with E-state index in [9.17, 15) is 0 Å². The highest BCUT2D eigenvalue weighted by atomic mass is 16.3. The van der Waals surface area contributed by atoms with Gasteiger partial charge in [0.05, 0.1) is 18.2 Å². The zero-order valence-corrected chi connectivity index (χ0v) is 13.6. The van der Waals surface area contributed by atoms with Gasteiger partial charge in [0.1, 0.15) is 5.69 Å². The van der Waals surface area contributed by atoms with Crippen LogP contribution >= 0.6 is 0 Å². The van der Waals surface area contributed by atoms with Crippen molar-refractivity contribution in [2.75, 3.05) is 18.0 Å². The Morgan fingerprint density at radius 1 is 1.21 bits per heavy atom. The van der Waals surface area contributed by atoms with E-state index in [0.717, 1.165) is 36.0 Å². The van der Waals surface area contributed by atoms with Crippen molar-refractivity contribution in [3.63, 3.8) is 0 Å². The van der Waals surface area contributed by atoms with Crippen molar-refractivity contribution in [3.8, 4) is 22.7 Å². The smallest absolute Gasteiger partial charge is 0.226 e. The summed E-state index contributed by atoms with van der Waals surface area (Å²) in [5.74, 6) is 2.12. The molecule has 0 unspecified atom stereocenters. The Labute approximate surface area is 140 Å². The summed E-state index contributed by atoms with van der Waals surface area (Å²) < 4.78 is 5.59. The van der Waals surface area contributed by atoms with Crippen molar-refractivity contribution in [1.29, 1.82) is 0 Å². The fourth-order valence-electron chi connectivity index (χ4n) is 3.12. The molecule has 6 heteroatoms. The first-order chi connectivity index (χ1) is 11.8. The molecule has 0 aromatic carbocycles. The fraction of sp³-hybridized carbons (Fsp3) is 0.333. The summed E-state index contributed by atoms with van der Waals surface area (Å²) in [5, 5.41) is 0. The van der Waals surface area contributed by atoms with E-state index in [1.165, 1.54) is 12.8 Å². The summed E-state index contributed by atoms with van der Waals surface area (Å²) in [4.78, 5) is 20.2. The van der Waals surface area contributed by atoms with Crippen LogP contribution in [0.3, 0.4) is 0 Å². The van der Waals surface area contributed by atoms with Gasteiger partial charge in [-0.25, -0.2) is 9.97 Å². The maximum absolute atomic E-state index is 5.59. The number of hydrogen-bond acceptors (Lipinski definition) is 6. The molecule has 3 aromatic rings. The van der Waals surface area contributed by atoms with Gasteiger partial charge in [0.25, 0.3) is 0 Å². The number of furan rings is 1.